The molecule has 0 bridgehead atoms. The fourth-order valence-electron chi connectivity index (χ4n) is 2.45. The number of aromatic amines is 1. The van der Waals surface area contributed by atoms with Crippen LogP contribution < -0.4 is 10.6 Å². The third-order valence-corrected chi connectivity index (χ3v) is 5.54. The molecule has 0 radical (unpaired) electrons. The summed E-state index contributed by atoms with van der Waals surface area (Å²) in [6, 6.07) is 6.03. The minimum atomic E-state index is 0.174. The lowest BCUT2D eigenvalue weighted by Gasteiger charge is -2.34. The first-order valence-corrected chi connectivity index (χ1v) is 8.38. The molecule has 21 heavy (non-hydrogen) atoms. The van der Waals surface area contributed by atoms with Crippen molar-refractivity contribution in [2.45, 2.75) is 19.4 Å². The Morgan fingerprint density at radius 3 is 3.00 bits per heavy atom. The summed E-state index contributed by atoms with van der Waals surface area (Å²) in [6.45, 7) is 3.94. The Kier molecular flexibility index (Phi) is 4.37. The van der Waals surface area contributed by atoms with Crippen LogP contribution in [0.1, 0.15) is 13.3 Å². The van der Waals surface area contributed by atoms with Gasteiger partial charge in [0, 0.05) is 28.3 Å². The van der Waals surface area contributed by atoms with Crippen molar-refractivity contribution in [1.82, 2.24) is 15.2 Å². The van der Waals surface area contributed by atoms with Crippen molar-refractivity contribution in [3.8, 4) is 11.4 Å². The van der Waals surface area contributed by atoms with Crippen LogP contribution in [-0.4, -0.2) is 34.3 Å². The van der Waals surface area contributed by atoms with Crippen LogP contribution >= 0.6 is 34.2 Å². The zero-order valence-corrected chi connectivity index (χ0v) is 14.6. The first-order chi connectivity index (χ1) is 10.0. The summed E-state index contributed by atoms with van der Waals surface area (Å²) in [6.07, 6.45) is 1.07. The maximum absolute atomic E-state index is 6.16. The number of nitrogens with zero attached hydrogens (tertiary/aromatic N) is 3. The molecule has 5 nitrogen and oxygen atoms in total. The fourth-order valence-corrected chi connectivity index (χ4v) is 2.96. The number of nitrogens with one attached hydrogen (secondary N) is 1. The van der Waals surface area contributed by atoms with Gasteiger partial charge in [0.15, 0.2) is 5.82 Å². The van der Waals surface area contributed by atoms with E-state index >= 15 is 0 Å². The van der Waals surface area contributed by atoms with E-state index in [0.717, 1.165) is 39.5 Å². The normalized spacial score (nSPS) is 22.6. The van der Waals surface area contributed by atoms with Crippen LogP contribution in [0.2, 0.25) is 5.02 Å². The van der Waals surface area contributed by atoms with Gasteiger partial charge in [0.2, 0.25) is 5.95 Å². The van der Waals surface area contributed by atoms with Crippen molar-refractivity contribution < 1.29 is 0 Å². The Bertz CT molecular complexity index is 644. The Labute approximate surface area is 142 Å². The number of rotatable bonds is 2. The van der Waals surface area contributed by atoms with Gasteiger partial charge in [-0.25, -0.2) is 0 Å². The molecule has 2 atom stereocenters. The van der Waals surface area contributed by atoms with Gasteiger partial charge in [0.1, 0.15) is 0 Å². The van der Waals surface area contributed by atoms with Crippen molar-refractivity contribution >= 4 is 40.1 Å². The SMILES string of the molecule is CC1CCN(c2n[nH]c(-c3ccc(I)c(Cl)c3)n2)CC1N. The van der Waals surface area contributed by atoms with Crippen molar-refractivity contribution in [3.05, 3.63) is 26.8 Å². The minimum Gasteiger partial charge on any atom is -0.338 e. The third kappa shape index (κ3) is 3.17. The molecule has 2 heterocycles. The van der Waals surface area contributed by atoms with Crippen LogP contribution in [-0.2, 0) is 0 Å². The fraction of sp³-hybridized carbons (Fsp3) is 0.429. The van der Waals surface area contributed by atoms with Gasteiger partial charge in [-0.15, -0.1) is 5.10 Å². The van der Waals surface area contributed by atoms with E-state index in [9.17, 15) is 0 Å². The molecule has 0 amide bonds. The molecule has 1 aromatic carbocycles. The van der Waals surface area contributed by atoms with Crippen LogP contribution in [0.3, 0.4) is 0 Å². The topological polar surface area (TPSA) is 70.8 Å². The zero-order chi connectivity index (χ0) is 15.0. The summed E-state index contributed by atoms with van der Waals surface area (Å²) in [5, 5.41) is 8.03. The van der Waals surface area contributed by atoms with E-state index in [1.807, 2.05) is 18.2 Å². The summed E-state index contributed by atoms with van der Waals surface area (Å²) in [5.74, 6) is 1.99. The van der Waals surface area contributed by atoms with Crippen LogP contribution in [0.5, 0.6) is 0 Å². The Morgan fingerprint density at radius 2 is 2.29 bits per heavy atom. The molecule has 0 spiro atoms. The molecular weight excluding hydrogens is 401 g/mol. The quantitative estimate of drug-likeness (QED) is 0.737. The Balaban J connectivity index is 1.81. The van der Waals surface area contributed by atoms with Crippen LogP contribution in [0.25, 0.3) is 11.4 Å². The summed E-state index contributed by atoms with van der Waals surface area (Å²) in [7, 11) is 0. The van der Waals surface area contributed by atoms with Gasteiger partial charge < -0.3 is 10.6 Å². The number of halogens is 2. The summed E-state index contributed by atoms with van der Waals surface area (Å²) < 4.78 is 1.02. The van der Waals surface area contributed by atoms with Gasteiger partial charge in [-0.2, -0.15) is 4.98 Å². The zero-order valence-electron chi connectivity index (χ0n) is 11.7. The monoisotopic (exact) mass is 417 g/mol. The van der Waals surface area contributed by atoms with E-state index in [0.29, 0.717) is 11.9 Å². The Hall–Kier alpha value is -0.860. The van der Waals surface area contributed by atoms with Crippen LogP contribution in [0.15, 0.2) is 18.2 Å². The van der Waals surface area contributed by atoms with E-state index in [1.54, 1.807) is 0 Å². The van der Waals surface area contributed by atoms with Crippen molar-refractivity contribution in [2.75, 3.05) is 18.0 Å². The molecule has 1 aliphatic heterocycles. The number of anilines is 1. The predicted octanol–water partition coefficient (Wildman–Crippen LogP) is 2.90. The second-order valence-corrected chi connectivity index (χ2v) is 7.06. The average Bonchev–Trinajstić information content (AvgIpc) is 2.94. The molecule has 3 rings (SSSR count). The first-order valence-electron chi connectivity index (χ1n) is 6.93. The maximum atomic E-state index is 6.16. The van der Waals surface area contributed by atoms with Gasteiger partial charge in [0.25, 0.3) is 0 Å². The molecule has 7 heteroatoms. The average molecular weight is 418 g/mol. The third-order valence-electron chi connectivity index (χ3n) is 3.97. The molecular formula is C14H17ClIN5. The molecule has 0 saturated carbocycles. The minimum absolute atomic E-state index is 0.174. The lowest BCUT2D eigenvalue weighted by molar-refractivity contribution is 0.376. The van der Waals surface area contributed by atoms with Crippen molar-refractivity contribution in [1.29, 1.82) is 0 Å². The molecule has 1 saturated heterocycles. The molecule has 1 aromatic heterocycles. The molecule has 0 aliphatic carbocycles. The summed E-state index contributed by atoms with van der Waals surface area (Å²) in [4.78, 5) is 6.71. The van der Waals surface area contributed by atoms with Gasteiger partial charge >= 0.3 is 0 Å². The Morgan fingerprint density at radius 1 is 1.48 bits per heavy atom. The number of nitrogens with two attached hydrogens (primary N) is 1. The number of H-pyrrole nitrogens is 1. The van der Waals surface area contributed by atoms with E-state index in [1.165, 1.54) is 0 Å². The highest BCUT2D eigenvalue weighted by Gasteiger charge is 2.25. The number of hydrogen-bond acceptors (Lipinski definition) is 4. The van der Waals surface area contributed by atoms with Gasteiger partial charge in [0.05, 0.1) is 5.02 Å². The van der Waals surface area contributed by atoms with Crippen molar-refractivity contribution in [3.63, 3.8) is 0 Å². The molecule has 2 unspecified atom stereocenters. The van der Waals surface area contributed by atoms with Gasteiger partial charge in [-0.1, -0.05) is 24.6 Å². The molecule has 112 valence electrons. The number of hydrogen-bond donors (Lipinski definition) is 2. The maximum Gasteiger partial charge on any atom is 0.245 e. The van der Waals surface area contributed by atoms with Gasteiger partial charge in [-0.3, -0.25) is 5.10 Å². The first kappa shape index (κ1) is 15.1. The molecule has 1 aliphatic rings. The van der Waals surface area contributed by atoms with Gasteiger partial charge in [-0.05, 0) is 47.1 Å². The van der Waals surface area contributed by atoms with E-state index in [2.05, 4.69) is 49.6 Å². The number of aromatic nitrogens is 3. The predicted molar refractivity (Wildman–Crippen MR) is 93.5 cm³/mol. The summed E-state index contributed by atoms with van der Waals surface area (Å²) >= 11 is 8.36. The summed E-state index contributed by atoms with van der Waals surface area (Å²) in [5.41, 5.74) is 7.07. The lowest BCUT2D eigenvalue weighted by Crippen LogP contribution is -2.48. The number of benzene rings is 1. The molecule has 2 aromatic rings. The highest BCUT2D eigenvalue weighted by molar-refractivity contribution is 14.1. The van der Waals surface area contributed by atoms with E-state index < -0.39 is 0 Å². The standard InChI is InChI=1S/C14H17ClIN5/c1-8-4-5-21(7-12(8)17)14-18-13(19-20-14)9-2-3-11(16)10(15)6-9/h2-3,6,8,12H,4-5,7,17H2,1H3,(H,18,19,20). The van der Waals surface area contributed by atoms with Crippen LogP contribution in [0, 0.1) is 9.49 Å². The highest BCUT2D eigenvalue weighted by atomic mass is 127. The van der Waals surface area contributed by atoms with Crippen molar-refractivity contribution in [2.24, 2.45) is 11.7 Å². The molecule has 1 fully saturated rings. The molecule has 3 N–H and O–H groups in total. The second-order valence-electron chi connectivity index (χ2n) is 5.49. The smallest absolute Gasteiger partial charge is 0.245 e. The highest BCUT2D eigenvalue weighted by Crippen LogP contribution is 2.26. The van der Waals surface area contributed by atoms with E-state index in [4.69, 9.17) is 17.3 Å². The van der Waals surface area contributed by atoms with E-state index in [-0.39, 0.29) is 6.04 Å². The van der Waals surface area contributed by atoms with Crippen LogP contribution in [0.4, 0.5) is 5.95 Å². The lowest BCUT2D eigenvalue weighted by atomic mass is 9.95. The number of piperidine rings is 1. The second kappa shape index (κ2) is 6.10. The largest absolute Gasteiger partial charge is 0.338 e.